The largest absolute Gasteiger partial charge is 0.494 e. The zero-order valence-corrected chi connectivity index (χ0v) is 19.8. The fraction of sp³-hybridized carbons (Fsp3) is 0.179. The maximum atomic E-state index is 12.9. The molecule has 8 nitrogen and oxygen atoms in total. The van der Waals surface area contributed by atoms with Crippen molar-refractivity contribution in [3.63, 3.8) is 0 Å². The number of carbonyl (C=O) groups excluding carboxylic acids is 1. The lowest BCUT2D eigenvalue weighted by Gasteiger charge is -2.32. The molecule has 0 bridgehead atoms. The Balaban J connectivity index is 1.53. The Morgan fingerprint density at radius 2 is 1.53 bits per heavy atom. The first-order valence-electron chi connectivity index (χ1n) is 11.7. The summed E-state index contributed by atoms with van der Waals surface area (Å²) in [5, 5.41) is 20.8. The van der Waals surface area contributed by atoms with Crippen molar-refractivity contribution in [3.05, 3.63) is 95.1 Å². The number of hydrogen-bond donors (Lipinski definition) is 3. The van der Waals surface area contributed by atoms with Crippen LogP contribution in [0.15, 0.2) is 77.8 Å². The molecule has 0 spiro atoms. The maximum absolute atomic E-state index is 12.9. The summed E-state index contributed by atoms with van der Waals surface area (Å²) in [6, 6.07) is 21.3. The molecule has 0 radical (unpaired) electrons. The quantitative estimate of drug-likeness (QED) is 0.371. The number of nitrogens with one attached hydrogen (secondary N) is 1. The minimum Gasteiger partial charge on any atom is -0.494 e. The lowest BCUT2D eigenvalue weighted by Crippen LogP contribution is -2.47. The summed E-state index contributed by atoms with van der Waals surface area (Å²) in [4.78, 5) is 36.1. The molecule has 2 heterocycles. The molecule has 1 aliphatic rings. The van der Waals surface area contributed by atoms with Crippen molar-refractivity contribution in [2.75, 3.05) is 33.2 Å². The lowest BCUT2D eigenvalue weighted by atomic mass is 10.00. The Hall–Kier alpha value is -4.43. The number of benzene rings is 3. The van der Waals surface area contributed by atoms with Gasteiger partial charge in [-0.1, -0.05) is 36.4 Å². The van der Waals surface area contributed by atoms with Gasteiger partial charge in [0.05, 0.1) is 22.5 Å². The Labute approximate surface area is 208 Å². The summed E-state index contributed by atoms with van der Waals surface area (Å²) in [6.45, 7) is 3.13. The Bertz CT molecular complexity index is 1450. The second kappa shape index (κ2) is 9.67. The molecule has 0 unspecified atom stereocenters. The number of aliphatic imine (C=N–C) groups is 1. The zero-order valence-electron chi connectivity index (χ0n) is 19.8. The van der Waals surface area contributed by atoms with Crippen molar-refractivity contribution in [3.8, 4) is 5.88 Å². The van der Waals surface area contributed by atoms with Gasteiger partial charge < -0.3 is 25.0 Å². The summed E-state index contributed by atoms with van der Waals surface area (Å²) in [5.74, 6) is -1.14. The van der Waals surface area contributed by atoms with Gasteiger partial charge >= 0.3 is 5.97 Å². The number of H-pyrrole nitrogens is 1. The predicted molar refractivity (Wildman–Crippen MR) is 139 cm³/mol. The number of fused-ring (bicyclic) bond motifs is 1. The summed E-state index contributed by atoms with van der Waals surface area (Å²) >= 11 is 0. The molecule has 182 valence electrons. The number of carbonyl (C=O) groups is 2. The zero-order chi connectivity index (χ0) is 25.2. The molecule has 1 aliphatic heterocycles. The topological polar surface area (TPSA) is 109 Å². The van der Waals surface area contributed by atoms with Crippen molar-refractivity contribution in [2.45, 2.75) is 0 Å². The highest BCUT2D eigenvalue weighted by atomic mass is 16.4. The number of aromatic nitrogens is 1. The van der Waals surface area contributed by atoms with Gasteiger partial charge in [0.1, 0.15) is 0 Å². The molecule has 4 aromatic rings. The Morgan fingerprint density at radius 3 is 2.19 bits per heavy atom. The van der Waals surface area contributed by atoms with Gasteiger partial charge in [-0.25, -0.2) is 9.79 Å². The van der Waals surface area contributed by atoms with Crippen LogP contribution in [0.1, 0.15) is 31.8 Å². The first-order valence-corrected chi connectivity index (χ1v) is 11.7. The van der Waals surface area contributed by atoms with Gasteiger partial charge in [0.2, 0.25) is 0 Å². The second-order valence-corrected chi connectivity index (χ2v) is 8.88. The van der Waals surface area contributed by atoms with Crippen molar-refractivity contribution in [1.82, 2.24) is 14.8 Å². The van der Waals surface area contributed by atoms with E-state index in [0.29, 0.717) is 46.5 Å². The molecule has 1 aromatic heterocycles. The minimum atomic E-state index is -1.05. The van der Waals surface area contributed by atoms with Gasteiger partial charge in [-0.15, -0.1) is 0 Å². The molecular formula is C28H26N4O4. The van der Waals surface area contributed by atoms with Crippen molar-refractivity contribution < 1.29 is 19.8 Å². The molecule has 0 atom stereocenters. The van der Waals surface area contributed by atoms with Gasteiger partial charge in [0.25, 0.3) is 5.91 Å². The molecule has 3 aromatic carbocycles. The van der Waals surface area contributed by atoms with Gasteiger partial charge in [-0.3, -0.25) is 4.79 Å². The van der Waals surface area contributed by atoms with Crippen LogP contribution in [-0.2, 0) is 0 Å². The normalized spacial score (nSPS) is 14.8. The van der Waals surface area contributed by atoms with E-state index in [9.17, 15) is 19.8 Å². The number of aromatic carboxylic acids is 1. The number of likely N-dealkylation sites (N-methyl/N-ethyl adjacent to an activating group) is 1. The Morgan fingerprint density at radius 1 is 0.861 bits per heavy atom. The minimum absolute atomic E-state index is 0.00502. The number of amides is 1. The number of carboxylic acid groups (broad SMARTS) is 1. The summed E-state index contributed by atoms with van der Waals surface area (Å²) in [6.07, 6.45) is 0. The molecule has 3 N–H and O–H groups in total. The average molecular weight is 483 g/mol. The smallest absolute Gasteiger partial charge is 0.335 e. The van der Waals surface area contributed by atoms with Crippen LogP contribution >= 0.6 is 0 Å². The number of nitrogens with zero attached hydrogens (tertiary/aromatic N) is 3. The third-order valence-corrected chi connectivity index (χ3v) is 6.46. The van der Waals surface area contributed by atoms with E-state index in [2.05, 4.69) is 16.9 Å². The first-order chi connectivity index (χ1) is 17.4. The highest BCUT2D eigenvalue weighted by molar-refractivity contribution is 6.22. The molecule has 5 rings (SSSR count). The van der Waals surface area contributed by atoms with Crippen LogP contribution in [0.25, 0.3) is 10.9 Å². The van der Waals surface area contributed by atoms with Crippen LogP contribution in [0.5, 0.6) is 5.88 Å². The van der Waals surface area contributed by atoms with Crippen molar-refractivity contribution in [2.24, 2.45) is 4.99 Å². The van der Waals surface area contributed by atoms with E-state index in [-0.39, 0.29) is 17.4 Å². The molecule has 1 amide bonds. The van der Waals surface area contributed by atoms with Crippen LogP contribution < -0.4 is 0 Å². The second-order valence-electron chi connectivity index (χ2n) is 8.88. The number of carboxylic acids is 1. The predicted octanol–water partition coefficient (Wildman–Crippen LogP) is 4.13. The van der Waals surface area contributed by atoms with Crippen LogP contribution in [0.4, 0.5) is 5.69 Å². The first kappa shape index (κ1) is 23.3. The van der Waals surface area contributed by atoms with Gasteiger partial charge in [0, 0.05) is 48.2 Å². The van der Waals surface area contributed by atoms with E-state index >= 15 is 0 Å². The molecule has 1 fully saturated rings. The van der Waals surface area contributed by atoms with Crippen LogP contribution in [0.2, 0.25) is 0 Å². The lowest BCUT2D eigenvalue weighted by molar-refractivity contribution is 0.0662. The van der Waals surface area contributed by atoms with Crippen LogP contribution in [-0.4, -0.2) is 75.8 Å². The standard InChI is InChI=1S/C28H26N4O4/c1-31-13-15-32(16-14-31)27(34)19-7-10-21(11-8-19)29-25(18-5-3-2-4-6-18)24-22-12-9-20(28(35)36)17-23(22)30-26(24)33/h2-12,17,30,33H,13-16H2,1H3,(H,35,36). The number of aromatic amines is 1. The molecule has 0 aliphatic carbocycles. The Kier molecular flexibility index (Phi) is 6.26. The molecular weight excluding hydrogens is 456 g/mol. The molecule has 36 heavy (non-hydrogen) atoms. The highest BCUT2D eigenvalue weighted by Crippen LogP contribution is 2.32. The summed E-state index contributed by atoms with van der Waals surface area (Å²) in [7, 11) is 2.05. The number of hydrogen-bond acceptors (Lipinski definition) is 5. The molecule has 8 heteroatoms. The summed E-state index contributed by atoms with van der Waals surface area (Å²) in [5.41, 5.74) is 3.64. The third kappa shape index (κ3) is 4.58. The maximum Gasteiger partial charge on any atom is 0.335 e. The van der Waals surface area contributed by atoms with E-state index in [1.165, 1.54) is 12.1 Å². The highest BCUT2D eigenvalue weighted by Gasteiger charge is 2.21. The van der Waals surface area contributed by atoms with E-state index in [0.717, 1.165) is 18.7 Å². The van der Waals surface area contributed by atoms with Crippen LogP contribution in [0, 0.1) is 0 Å². The fourth-order valence-electron chi connectivity index (χ4n) is 4.42. The van der Waals surface area contributed by atoms with Crippen molar-refractivity contribution in [1.29, 1.82) is 0 Å². The van der Waals surface area contributed by atoms with Gasteiger partial charge in [-0.05, 0) is 43.4 Å². The van der Waals surface area contributed by atoms with Gasteiger partial charge in [0.15, 0.2) is 5.88 Å². The monoisotopic (exact) mass is 482 g/mol. The number of rotatable bonds is 5. The number of piperazine rings is 1. The summed E-state index contributed by atoms with van der Waals surface area (Å²) < 4.78 is 0. The van der Waals surface area contributed by atoms with E-state index < -0.39 is 5.97 Å². The van der Waals surface area contributed by atoms with E-state index in [1.54, 1.807) is 30.3 Å². The van der Waals surface area contributed by atoms with Gasteiger partial charge in [-0.2, -0.15) is 0 Å². The molecule has 1 saturated heterocycles. The van der Waals surface area contributed by atoms with E-state index in [4.69, 9.17) is 4.99 Å². The van der Waals surface area contributed by atoms with Crippen molar-refractivity contribution >= 4 is 34.2 Å². The third-order valence-electron chi connectivity index (χ3n) is 6.46. The van der Waals surface area contributed by atoms with E-state index in [1.807, 2.05) is 35.2 Å². The average Bonchev–Trinajstić information content (AvgIpc) is 3.23. The fourth-order valence-corrected chi connectivity index (χ4v) is 4.42. The SMILES string of the molecule is CN1CCN(C(=O)c2ccc(N=C(c3ccccc3)c3c(O)[nH]c4cc(C(=O)O)ccc34)cc2)CC1. The van der Waals surface area contributed by atoms with Crippen LogP contribution in [0.3, 0.4) is 0 Å². The molecule has 0 saturated carbocycles. The number of aromatic hydroxyl groups is 1.